The van der Waals surface area contributed by atoms with E-state index in [2.05, 4.69) is 73.8 Å². The third kappa shape index (κ3) is 31.8. The summed E-state index contributed by atoms with van der Waals surface area (Å²) >= 11 is 47.6. The Kier molecular flexibility index (Phi) is 40.0. The molecule has 0 fully saturated rings. The zero-order chi connectivity index (χ0) is 100. The average molecular weight is 2000 g/mol. The monoisotopic (exact) mass is 2000 g/mol. The number of ether oxygens (including phenoxy) is 3. The molecule has 30 nitrogen and oxygen atoms in total. The number of carboxylic acid groups (broad SMARTS) is 3. The molecule has 6 amide bonds. The highest BCUT2D eigenvalue weighted by atomic mass is 35.5. The first-order valence-electron chi connectivity index (χ1n) is 39.5. The van der Waals surface area contributed by atoms with E-state index in [0.29, 0.717) is 38.9 Å². The van der Waals surface area contributed by atoms with Crippen molar-refractivity contribution in [1.29, 1.82) is 0 Å². The molecule has 702 valence electrons. The number of amides is 6. The predicted molar refractivity (Wildman–Crippen MR) is 517 cm³/mol. The number of rotatable bonds is 22. The first kappa shape index (κ1) is 107. The molecule has 12 aromatic rings. The standard InChI is InChI=1S/C19H20ClNO4.C18H18ClNO4.C16H14ClNO4.C15H11Cl2NO4.C15H12ClNO4.C14H9Cl2NO4/c1-11(2)8-12-4-7-17(22)14(9-12)18(23)21-16-6-5-13(10-15(16)20)19(24)25-3;1-10(2)7-11-3-6-16(21)13(8-11)17(22)20-15-5-4-12(18(23)24)9-14(15)19;1-9-3-6-14(19)11(7-9)15(20)18-13-5-4-10(8-12(13)17)16(21)22-2;1-22-15(21)8-2-4-12(11(17)6-8)18-14(20)10-7-9(16)3-5-13(10)19;1-8-2-5-13(18)10(6-8)14(19)17-12-4-3-9(15(20)21)7-11(12)16;15-8-2-4-12(18)9(6-8)13(19)17-11-3-1-7(14(20)21)5-10(11)16/h4-7,9-11,22H,8H2,1-3H3,(H,21,23);3-6,8-10,21H,7H2,1-2H3,(H,20,22)(H,23,24);3-8,19H,1-2H3,(H,18,20);2-7,19H,1H3,(H,18,20);2-7,18H,1H3,(H,17,19)(H,20,21);1-6,18H,(H,17,19)(H,20,21). The molecular weight excluding hydrogens is 1920 g/mol. The molecule has 0 saturated heterocycles. The fraction of sp³-hybridized carbons (Fsp3) is 0.134. The van der Waals surface area contributed by atoms with E-state index in [1.54, 1.807) is 55.5 Å². The van der Waals surface area contributed by atoms with E-state index in [0.717, 1.165) is 35.1 Å². The normalized spacial score (nSPS) is 10.3. The van der Waals surface area contributed by atoms with Crippen LogP contribution in [0.2, 0.25) is 40.2 Å². The maximum absolute atomic E-state index is 12.5. The van der Waals surface area contributed by atoms with Crippen molar-refractivity contribution >= 4 is 198 Å². The van der Waals surface area contributed by atoms with Gasteiger partial charge in [-0.25, -0.2) is 28.8 Å². The van der Waals surface area contributed by atoms with Crippen molar-refractivity contribution < 1.29 is 118 Å². The summed E-state index contributed by atoms with van der Waals surface area (Å²) in [6.45, 7) is 11.9. The van der Waals surface area contributed by atoms with Crippen LogP contribution >= 0.6 is 92.8 Å². The maximum Gasteiger partial charge on any atom is 0.337 e. The van der Waals surface area contributed by atoms with E-state index in [9.17, 15) is 88.2 Å². The number of aromatic hydroxyl groups is 6. The molecule has 0 aliphatic carbocycles. The summed E-state index contributed by atoms with van der Waals surface area (Å²) < 4.78 is 13.8. The van der Waals surface area contributed by atoms with E-state index in [4.69, 9.17) is 108 Å². The first-order valence-corrected chi connectivity index (χ1v) is 42.5. The van der Waals surface area contributed by atoms with E-state index in [1.165, 1.54) is 191 Å². The van der Waals surface area contributed by atoms with Crippen molar-refractivity contribution in [3.63, 3.8) is 0 Å². The second-order valence-corrected chi connectivity index (χ2v) is 32.9. The summed E-state index contributed by atoms with van der Waals surface area (Å²) in [7, 11) is 3.80. The van der Waals surface area contributed by atoms with Crippen LogP contribution in [0.4, 0.5) is 34.1 Å². The van der Waals surface area contributed by atoms with Crippen molar-refractivity contribution in [2.24, 2.45) is 11.8 Å². The Bertz CT molecular complexity index is 6280. The number of carbonyl (C=O) groups excluding carboxylic acids is 9. The van der Waals surface area contributed by atoms with E-state index < -0.39 is 71.3 Å². The Hall–Kier alpha value is -14.6. The van der Waals surface area contributed by atoms with Gasteiger partial charge in [0.25, 0.3) is 35.4 Å². The molecule has 0 aromatic heterocycles. The molecule has 38 heteroatoms. The highest BCUT2D eigenvalue weighted by Crippen LogP contribution is 2.35. The lowest BCUT2D eigenvalue weighted by atomic mass is 10.00. The molecular formula is C97H84Cl8N6O24. The van der Waals surface area contributed by atoms with Gasteiger partial charge in [0, 0.05) is 10.0 Å². The summed E-state index contributed by atoms with van der Waals surface area (Å²) in [5.41, 5.74) is 6.78. The van der Waals surface area contributed by atoms with Crippen LogP contribution in [0.25, 0.3) is 0 Å². The minimum absolute atomic E-state index is 0.00333. The van der Waals surface area contributed by atoms with Crippen LogP contribution in [0.1, 0.15) is 174 Å². The summed E-state index contributed by atoms with van der Waals surface area (Å²) in [5.74, 6) is -8.16. The zero-order valence-corrected chi connectivity index (χ0v) is 78.6. The second kappa shape index (κ2) is 50.3. The Morgan fingerprint density at radius 2 is 0.452 bits per heavy atom. The van der Waals surface area contributed by atoms with Crippen molar-refractivity contribution in [3.8, 4) is 34.5 Å². The number of methoxy groups -OCH3 is 3. The van der Waals surface area contributed by atoms with E-state index in [1.807, 2.05) is 6.92 Å². The van der Waals surface area contributed by atoms with Crippen LogP contribution < -0.4 is 31.9 Å². The number of phenols is 6. The number of carbonyl (C=O) groups is 12. The molecule has 12 rings (SSSR count). The van der Waals surface area contributed by atoms with Crippen molar-refractivity contribution in [2.75, 3.05) is 53.2 Å². The predicted octanol–water partition coefficient (Wildman–Crippen LogP) is 22.6. The Morgan fingerprint density at radius 1 is 0.259 bits per heavy atom. The van der Waals surface area contributed by atoms with Crippen molar-refractivity contribution in [1.82, 2.24) is 0 Å². The topological polar surface area (TPSA) is 487 Å². The number of aryl methyl sites for hydroxylation is 2. The summed E-state index contributed by atoms with van der Waals surface area (Å²) in [4.78, 5) is 140. The molecule has 0 unspecified atom stereocenters. The zero-order valence-electron chi connectivity index (χ0n) is 72.5. The Balaban J connectivity index is 0.000000221. The quantitative estimate of drug-likeness (QED) is 0.0221. The number of anilines is 6. The number of phenolic OH excluding ortho intramolecular Hbond substituents is 6. The van der Waals surface area contributed by atoms with Crippen LogP contribution in [0.15, 0.2) is 218 Å². The van der Waals surface area contributed by atoms with Crippen molar-refractivity contribution in [2.45, 2.75) is 54.4 Å². The lowest BCUT2D eigenvalue weighted by Crippen LogP contribution is -2.13. The lowest BCUT2D eigenvalue weighted by molar-refractivity contribution is 0.0592. The van der Waals surface area contributed by atoms with Gasteiger partial charge in [0.1, 0.15) is 34.5 Å². The number of aromatic carboxylic acids is 3. The van der Waals surface area contributed by atoms with Gasteiger partial charge >= 0.3 is 35.8 Å². The van der Waals surface area contributed by atoms with Crippen LogP contribution in [0, 0.1) is 25.7 Å². The van der Waals surface area contributed by atoms with Gasteiger partial charge in [-0.15, -0.1) is 0 Å². The Morgan fingerprint density at radius 3 is 0.659 bits per heavy atom. The molecule has 0 heterocycles. The van der Waals surface area contributed by atoms with E-state index in [-0.39, 0.29) is 148 Å². The molecule has 0 spiro atoms. The number of esters is 3. The summed E-state index contributed by atoms with van der Waals surface area (Å²) in [6.07, 6.45) is 1.59. The van der Waals surface area contributed by atoms with Crippen LogP contribution in [0.3, 0.4) is 0 Å². The molecule has 0 saturated carbocycles. The van der Waals surface area contributed by atoms with Gasteiger partial charge in [-0.1, -0.05) is 156 Å². The molecule has 135 heavy (non-hydrogen) atoms. The molecule has 15 N–H and O–H groups in total. The molecule has 0 aliphatic rings. The van der Waals surface area contributed by atoms with Gasteiger partial charge in [-0.2, -0.15) is 0 Å². The number of carboxylic acids is 3. The van der Waals surface area contributed by atoms with Gasteiger partial charge in [0.05, 0.1) is 152 Å². The molecule has 0 radical (unpaired) electrons. The van der Waals surface area contributed by atoms with Gasteiger partial charge < -0.3 is 92.1 Å². The molecule has 0 aliphatic heterocycles. The number of nitrogens with one attached hydrogen (secondary N) is 6. The Labute approximate surface area is 811 Å². The lowest BCUT2D eigenvalue weighted by Gasteiger charge is -2.11. The maximum atomic E-state index is 12.5. The summed E-state index contributed by atoms with van der Waals surface area (Å²) in [6, 6.07) is 52.5. The highest BCUT2D eigenvalue weighted by molar-refractivity contribution is 6.38. The van der Waals surface area contributed by atoms with Gasteiger partial charge in [-0.05, 0) is 244 Å². The van der Waals surface area contributed by atoms with Crippen molar-refractivity contribution in [3.05, 3.63) is 348 Å². The minimum atomic E-state index is -1.12. The van der Waals surface area contributed by atoms with Gasteiger partial charge in [0.2, 0.25) is 0 Å². The van der Waals surface area contributed by atoms with Crippen LogP contribution in [-0.4, -0.2) is 139 Å². The largest absolute Gasteiger partial charge is 0.507 e. The minimum Gasteiger partial charge on any atom is -0.507 e. The van der Waals surface area contributed by atoms with Crippen LogP contribution in [-0.2, 0) is 27.1 Å². The molecule has 0 bridgehead atoms. The molecule has 0 atom stereocenters. The third-order valence-electron chi connectivity index (χ3n) is 18.4. The SMILES string of the molecule is CC(C)Cc1ccc(O)c(C(=O)Nc2ccc(C(=O)O)cc2Cl)c1.COC(=O)c1ccc(NC(=O)c2cc(C)ccc2O)c(Cl)c1.COC(=O)c1ccc(NC(=O)c2cc(CC(C)C)ccc2O)c(Cl)c1.COC(=O)c1ccc(NC(=O)c2cc(Cl)ccc2O)c(Cl)c1.Cc1ccc(O)c(C(=O)Nc2ccc(C(=O)O)cc2Cl)c1.O=C(O)c1ccc(NC(=O)c2cc(Cl)ccc2O)c(Cl)c1. The smallest absolute Gasteiger partial charge is 0.337 e. The van der Waals surface area contributed by atoms with Gasteiger partial charge in [0.15, 0.2) is 0 Å². The average Bonchev–Trinajstić information content (AvgIpc) is 0.879. The van der Waals surface area contributed by atoms with Gasteiger partial charge in [-0.3, -0.25) is 28.8 Å². The number of hydrogen-bond donors (Lipinski definition) is 15. The summed E-state index contributed by atoms with van der Waals surface area (Å²) in [5, 5.41) is 102. The fourth-order valence-electron chi connectivity index (χ4n) is 11.7. The number of halogens is 8. The second-order valence-electron chi connectivity index (χ2n) is 29.5. The number of hydrogen-bond acceptors (Lipinski definition) is 21. The number of benzene rings is 12. The fourth-order valence-corrected chi connectivity index (χ4v) is 13.5. The van der Waals surface area contributed by atoms with E-state index >= 15 is 0 Å². The van der Waals surface area contributed by atoms with Crippen LogP contribution in [0.5, 0.6) is 34.5 Å². The first-order chi connectivity index (χ1) is 63.7. The highest BCUT2D eigenvalue weighted by Gasteiger charge is 2.24. The third-order valence-corrected chi connectivity index (χ3v) is 20.8. The molecule has 12 aromatic carbocycles.